The number of piperazine rings is 1. The highest BCUT2D eigenvalue weighted by Crippen LogP contribution is 2.23. The van der Waals surface area contributed by atoms with Gasteiger partial charge in [-0.2, -0.15) is 0 Å². The van der Waals surface area contributed by atoms with E-state index in [9.17, 15) is 4.79 Å². The Kier molecular flexibility index (Phi) is 5.38. The van der Waals surface area contributed by atoms with Gasteiger partial charge in [0.25, 0.3) is 0 Å². The Bertz CT molecular complexity index is 840. The minimum atomic E-state index is 0.170. The molecule has 3 aromatic rings. The SMILES string of the molecule is O=C(Cc1csc(-c2cccnc2)n1)N1CCN(Cc2cccs2)CC1. The normalized spacial score (nSPS) is 15.3. The van der Waals surface area contributed by atoms with Gasteiger partial charge in [0.2, 0.25) is 5.91 Å². The summed E-state index contributed by atoms with van der Waals surface area (Å²) < 4.78 is 0. The molecule has 0 aliphatic carbocycles. The first-order chi connectivity index (χ1) is 12.8. The maximum Gasteiger partial charge on any atom is 0.228 e. The van der Waals surface area contributed by atoms with E-state index in [1.807, 2.05) is 22.4 Å². The number of pyridine rings is 1. The molecule has 0 bridgehead atoms. The molecule has 1 aliphatic rings. The number of aromatic nitrogens is 2. The van der Waals surface area contributed by atoms with Crippen molar-refractivity contribution in [2.75, 3.05) is 26.2 Å². The molecule has 0 spiro atoms. The fourth-order valence-corrected chi connectivity index (χ4v) is 4.61. The molecule has 4 heterocycles. The first-order valence-electron chi connectivity index (χ1n) is 8.65. The fourth-order valence-electron chi connectivity index (χ4n) is 3.06. The highest BCUT2D eigenvalue weighted by Gasteiger charge is 2.22. The average Bonchev–Trinajstić information content (AvgIpc) is 3.35. The first kappa shape index (κ1) is 17.3. The third-order valence-corrected chi connectivity index (χ3v) is 6.28. The van der Waals surface area contributed by atoms with Crippen LogP contribution in [0.3, 0.4) is 0 Å². The largest absolute Gasteiger partial charge is 0.340 e. The number of nitrogens with zero attached hydrogens (tertiary/aromatic N) is 4. The molecule has 0 N–H and O–H groups in total. The van der Waals surface area contributed by atoms with Crippen LogP contribution in [0.2, 0.25) is 0 Å². The standard InChI is InChI=1S/C19H20N4OS2/c24-18(11-16-14-26-19(21-16)15-3-1-5-20-12-15)23-8-6-22(7-9-23)13-17-4-2-10-25-17/h1-5,10,12,14H,6-9,11,13H2. The van der Waals surface area contributed by atoms with E-state index < -0.39 is 0 Å². The first-order valence-corrected chi connectivity index (χ1v) is 10.4. The van der Waals surface area contributed by atoms with Crippen LogP contribution >= 0.6 is 22.7 Å². The zero-order valence-electron chi connectivity index (χ0n) is 14.4. The van der Waals surface area contributed by atoms with Crippen LogP contribution in [0.5, 0.6) is 0 Å². The topological polar surface area (TPSA) is 49.3 Å². The summed E-state index contributed by atoms with van der Waals surface area (Å²) in [5, 5.41) is 5.01. The molecule has 5 nitrogen and oxygen atoms in total. The van der Waals surface area contributed by atoms with E-state index in [0.29, 0.717) is 6.42 Å². The van der Waals surface area contributed by atoms with Crippen molar-refractivity contribution in [2.45, 2.75) is 13.0 Å². The summed E-state index contributed by atoms with van der Waals surface area (Å²) in [5.74, 6) is 0.170. The number of hydrogen-bond acceptors (Lipinski definition) is 6. The van der Waals surface area contributed by atoms with E-state index in [0.717, 1.165) is 49.0 Å². The van der Waals surface area contributed by atoms with Crippen molar-refractivity contribution >= 4 is 28.6 Å². The highest BCUT2D eigenvalue weighted by atomic mass is 32.1. The summed E-state index contributed by atoms with van der Waals surface area (Å²) in [6.07, 6.45) is 3.93. The number of thiazole rings is 1. The number of hydrogen-bond donors (Lipinski definition) is 0. The van der Waals surface area contributed by atoms with Gasteiger partial charge in [0, 0.05) is 60.9 Å². The maximum absolute atomic E-state index is 12.6. The van der Waals surface area contributed by atoms with Crippen molar-refractivity contribution in [3.8, 4) is 10.6 Å². The molecule has 0 atom stereocenters. The lowest BCUT2D eigenvalue weighted by Gasteiger charge is -2.34. The second-order valence-corrected chi connectivity index (χ2v) is 8.19. The van der Waals surface area contributed by atoms with Crippen molar-refractivity contribution in [1.82, 2.24) is 19.8 Å². The average molecular weight is 385 g/mol. The Morgan fingerprint density at radius 1 is 1.12 bits per heavy atom. The lowest BCUT2D eigenvalue weighted by atomic mass is 10.2. The van der Waals surface area contributed by atoms with Gasteiger partial charge in [0.15, 0.2) is 0 Å². The summed E-state index contributed by atoms with van der Waals surface area (Å²) >= 11 is 3.36. The Labute approximate surface area is 160 Å². The quantitative estimate of drug-likeness (QED) is 0.678. The van der Waals surface area contributed by atoms with E-state index in [-0.39, 0.29) is 5.91 Å². The second kappa shape index (κ2) is 8.07. The zero-order chi connectivity index (χ0) is 17.8. The Morgan fingerprint density at radius 3 is 2.73 bits per heavy atom. The summed E-state index contributed by atoms with van der Waals surface area (Å²) in [5.41, 5.74) is 1.85. The van der Waals surface area contributed by atoms with Crippen molar-refractivity contribution < 1.29 is 4.79 Å². The van der Waals surface area contributed by atoms with Crippen LogP contribution in [-0.2, 0) is 17.8 Å². The molecule has 7 heteroatoms. The molecule has 1 saturated heterocycles. The molecular weight excluding hydrogens is 364 g/mol. The fraction of sp³-hybridized carbons (Fsp3) is 0.316. The van der Waals surface area contributed by atoms with Crippen LogP contribution in [-0.4, -0.2) is 51.9 Å². The van der Waals surface area contributed by atoms with Gasteiger partial charge in [0.05, 0.1) is 12.1 Å². The second-order valence-electron chi connectivity index (χ2n) is 6.30. The molecule has 134 valence electrons. The Balaban J connectivity index is 1.30. The van der Waals surface area contributed by atoms with Gasteiger partial charge >= 0.3 is 0 Å². The lowest BCUT2D eigenvalue weighted by Crippen LogP contribution is -2.48. The molecule has 0 radical (unpaired) electrons. The summed E-state index contributed by atoms with van der Waals surface area (Å²) in [6, 6.07) is 8.15. The number of amides is 1. The number of carbonyl (C=O) groups excluding carboxylic acids is 1. The van der Waals surface area contributed by atoms with Crippen molar-refractivity contribution in [3.63, 3.8) is 0 Å². The molecule has 26 heavy (non-hydrogen) atoms. The summed E-state index contributed by atoms with van der Waals surface area (Å²) in [7, 11) is 0. The van der Waals surface area contributed by atoms with Gasteiger partial charge in [-0.25, -0.2) is 4.98 Å². The molecule has 4 rings (SSSR count). The smallest absolute Gasteiger partial charge is 0.228 e. The number of thiophene rings is 1. The van der Waals surface area contributed by atoms with Crippen LogP contribution in [0, 0.1) is 0 Å². The van der Waals surface area contributed by atoms with Gasteiger partial charge in [-0.3, -0.25) is 14.7 Å². The van der Waals surface area contributed by atoms with Crippen LogP contribution in [0.15, 0.2) is 47.4 Å². The van der Waals surface area contributed by atoms with Crippen LogP contribution < -0.4 is 0 Å². The van der Waals surface area contributed by atoms with Crippen molar-refractivity contribution in [3.05, 3.63) is 58.0 Å². The summed E-state index contributed by atoms with van der Waals surface area (Å²) in [6.45, 7) is 4.44. The molecule has 3 aromatic heterocycles. The molecule has 1 amide bonds. The molecule has 0 aromatic carbocycles. The van der Waals surface area contributed by atoms with E-state index in [4.69, 9.17) is 0 Å². The molecule has 0 unspecified atom stereocenters. The van der Waals surface area contributed by atoms with E-state index in [2.05, 4.69) is 32.4 Å². The van der Waals surface area contributed by atoms with Gasteiger partial charge in [0.1, 0.15) is 5.01 Å². The Hall–Kier alpha value is -2.09. The zero-order valence-corrected chi connectivity index (χ0v) is 16.0. The van der Waals surface area contributed by atoms with Crippen LogP contribution in [0.1, 0.15) is 10.6 Å². The van der Waals surface area contributed by atoms with Gasteiger partial charge in [-0.05, 0) is 23.6 Å². The monoisotopic (exact) mass is 384 g/mol. The third kappa shape index (κ3) is 4.17. The van der Waals surface area contributed by atoms with Crippen LogP contribution in [0.25, 0.3) is 10.6 Å². The molecular formula is C19H20N4OS2. The summed E-state index contributed by atoms with van der Waals surface area (Å²) in [4.78, 5) is 27.1. The predicted molar refractivity (Wildman–Crippen MR) is 105 cm³/mol. The molecule has 1 fully saturated rings. The maximum atomic E-state index is 12.6. The number of rotatable bonds is 5. The van der Waals surface area contributed by atoms with E-state index in [1.54, 1.807) is 35.1 Å². The van der Waals surface area contributed by atoms with Crippen molar-refractivity contribution in [2.24, 2.45) is 0 Å². The van der Waals surface area contributed by atoms with E-state index >= 15 is 0 Å². The lowest BCUT2D eigenvalue weighted by molar-refractivity contribution is -0.132. The van der Waals surface area contributed by atoms with Crippen LogP contribution in [0.4, 0.5) is 0 Å². The molecule has 1 aliphatic heterocycles. The Morgan fingerprint density at radius 2 is 2.00 bits per heavy atom. The highest BCUT2D eigenvalue weighted by molar-refractivity contribution is 7.13. The van der Waals surface area contributed by atoms with Crippen molar-refractivity contribution in [1.29, 1.82) is 0 Å². The third-order valence-electron chi connectivity index (χ3n) is 4.48. The minimum Gasteiger partial charge on any atom is -0.340 e. The predicted octanol–water partition coefficient (Wildman–Crippen LogP) is 3.15. The van der Waals surface area contributed by atoms with Gasteiger partial charge in [-0.15, -0.1) is 22.7 Å². The molecule has 0 saturated carbocycles. The van der Waals surface area contributed by atoms with E-state index in [1.165, 1.54) is 4.88 Å². The number of carbonyl (C=O) groups is 1. The minimum absolute atomic E-state index is 0.170. The van der Waals surface area contributed by atoms with Gasteiger partial charge in [-0.1, -0.05) is 6.07 Å². The van der Waals surface area contributed by atoms with Gasteiger partial charge < -0.3 is 4.90 Å².